The van der Waals surface area contributed by atoms with E-state index in [0.717, 1.165) is 24.3 Å². The lowest BCUT2D eigenvalue weighted by molar-refractivity contribution is 0.480. The molecule has 1 aromatic rings. The van der Waals surface area contributed by atoms with Crippen LogP contribution in [0.4, 0.5) is 6.01 Å². The molecule has 1 aromatic heterocycles. The van der Waals surface area contributed by atoms with Crippen LogP contribution in [0.5, 0.6) is 0 Å². The van der Waals surface area contributed by atoms with Crippen molar-refractivity contribution < 1.29 is 8.63 Å². The Kier molecular flexibility index (Phi) is 3.89. The van der Waals surface area contributed by atoms with Gasteiger partial charge in [0.05, 0.1) is 6.54 Å². The summed E-state index contributed by atoms with van der Waals surface area (Å²) in [6.07, 6.45) is 1.80. The highest BCUT2D eigenvalue weighted by Crippen LogP contribution is 2.15. The average Bonchev–Trinajstić information content (AvgIpc) is 2.70. The predicted molar refractivity (Wildman–Crippen MR) is 61.6 cm³/mol. The molecule has 1 aliphatic rings. The van der Waals surface area contributed by atoms with Crippen molar-refractivity contribution in [1.82, 2.24) is 15.5 Å². The number of rotatable bonds is 4. The molecule has 0 aromatic carbocycles. The van der Waals surface area contributed by atoms with Gasteiger partial charge in [0, 0.05) is 28.3 Å². The molecule has 0 spiro atoms. The molecular formula is C9H16N4O2S. The van der Waals surface area contributed by atoms with Crippen LogP contribution in [0.1, 0.15) is 18.7 Å². The number of hydrogen-bond donors (Lipinski definition) is 2. The zero-order valence-corrected chi connectivity index (χ0v) is 10.0. The highest BCUT2D eigenvalue weighted by molar-refractivity contribution is 7.85. The minimum atomic E-state index is -0.633. The summed E-state index contributed by atoms with van der Waals surface area (Å²) < 4.78 is 16.6. The fourth-order valence-corrected chi connectivity index (χ4v) is 2.95. The van der Waals surface area contributed by atoms with Crippen molar-refractivity contribution in [2.24, 2.45) is 0 Å². The Morgan fingerprint density at radius 1 is 1.44 bits per heavy atom. The maximum absolute atomic E-state index is 11.2. The molecule has 6 nitrogen and oxygen atoms in total. The fraction of sp³-hybridized carbons (Fsp3) is 0.778. The summed E-state index contributed by atoms with van der Waals surface area (Å²) in [5.41, 5.74) is 0. The largest absolute Gasteiger partial charge is 0.407 e. The third-order valence-corrected chi connectivity index (χ3v) is 3.89. The number of aromatic nitrogens is 2. The lowest BCUT2D eigenvalue weighted by Crippen LogP contribution is -2.29. The summed E-state index contributed by atoms with van der Waals surface area (Å²) >= 11 is 0. The molecule has 1 aliphatic heterocycles. The summed E-state index contributed by atoms with van der Waals surface area (Å²) in [5.74, 6) is 2.09. The van der Waals surface area contributed by atoms with E-state index in [-0.39, 0.29) is 0 Å². The molecule has 16 heavy (non-hydrogen) atoms. The van der Waals surface area contributed by atoms with E-state index in [1.807, 2.05) is 7.05 Å². The van der Waals surface area contributed by atoms with Gasteiger partial charge in [0.25, 0.3) is 0 Å². The van der Waals surface area contributed by atoms with Gasteiger partial charge < -0.3 is 15.1 Å². The monoisotopic (exact) mass is 244 g/mol. The van der Waals surface area contributed by atoms with E-state index in [1.54, 1.807) is 0 Å². The molecular weight excluding hydrogens is 228 g/mol. The van der Waals surface area contributed by atoms with Gasteiger partial charge >= 0.3 is 6.01 Å². The van der Waals surface area contributed by atoms with E-state index < -0.39 is 10.8 Å². The van der Waals surface area contributed by atoms with Crippen LogP contribution in [0.3, 0.4) is 0 Å². The van der Waals surface area contributed by atoms with Crippen LogP contribution in [-0.2, 0) is 17.3 Å². The van der Waals surface area contributed by atoms with E-state index in [1.165, 1.54) is 0 Å². The Bertz CT molecular complexity index is 358. The van der Waals surface area contributed by atoms with Gasteiger partial charge in [0.2, 0.25) is 5.89 Å². The molecule has 0 atom stereocenters. The van der Waals surface area contributed by atoms with Crippen molar-refractivity contribution in [2.45, 2.75) is 25.4 Å². The molecule has 1 fully saturated rings. The first-order valence-corrected chi connectivity index (χ1v) is 6.85. The molecule has 0 amide bonds. The second kappa shape index (κ2) is 5.40. The molecule has 0 saturated carbocycles. The summed E-state index contributed by atoms with van der Waals surface area (Å²) in [5, 5.41) is 13.9. The first-order chi connectivity index (χ1) is 7.78. The van der Waals surface area contributed by atoms with Crippen LogP contribution in [0.2, 0.25) is 0 Å². The van der Waals surface area contributed by atoms with Crippen LogP contribution in [0.15, 0.2) is 4.42 Å². The van der Waals surface area contributed by atoms with E-state index in [0.29, 0.717) is 24.5 Å². The minimum absolute atomic E-state index is 0.306. The SMILES string of the molecule is CNCc1nnc(NC2CCS(=O)CC2)o1. The smallest absolute Gasteiger partial charge is 0.315 e. The first kappa shape index (κ1) is 11.5. The first-order valence-electron chi connectivity index (χ1n) is 5.36. The Labute approximate surface area is 96.7 Å². The Balaban J connectivity index is 1.86. The van der Waals surface area contributed by atoms with Crippen LogP contribution in [0, 0.1) is 0 Å². The normalized spacial score (nSPS) is 25.6. The number of hydrogen-bond acceptors (Lipinski definition) is 6. The van der Waals surface area contributed by atoms with E-state index >= 15 is 0 Å². The topological polar surface area (TPSA) is 80.0 Å². The lowest BCUT2D eigenvalue weighted by atomic mass is 10.2. The van der Waals surface area contributed by atoms with E-state index in [2.05, 4.69) is 20.8 Å². The van der Waals surface area contributed by atoms with Crippen molar-refractivity contribution in [3.05, 3.63) is 5.89 Å². The highest BCUT2D eigenvalue weighted by Gasteiger charge is 2.19. The summed E-state index contributed by atoms with van der Waals surface area (Å²) in [4.78, 5) is 0. The van der Waals surface area contributed by atoms with Crippen molar-refractivity contribution in [3.63, 3.8) is 0 Å². The summed E-state index contributed by atoms with van der Waals surface area (Å²) in [6.45, 7) is 0.573. The van der Waals surface area contributed by atoms with Gasteiger partial charge in [-0.1, -0.05) is 5.10 Å². The van der Waals surface area contributed by atoms with Gasteiger partial charge in [-0.3, -0.25) is 4.21 Å². The van der Waals surface area contributed by atoms with Crippen LogP contribution < -0.4 is 10.6 Å². The molecule has 7 heteroatoms. The van der Waals surface area contributed by atoms with E-state index in [9.17, 15) is 4.21 Å². The molecule has 0 aliphatic carbocycles. The third-order valence-electron chi connectivity index (χ3n) is 2.51. The molecule has 0 radical (unpaired) electrons. The summed E-state index contributed by atoms with van der Waals surface area (Å²) in [7, 11) is 1.19. The molecule has 1 saturated heterocycles. The highest BCUT2D eigenvalue weighted by atomic mass is 32.2. The number of anilines is 1. The maximum Gasteiger partial charge on any atom is 0.315 e. The Morgan fingerprint density at radius 2 is 2.19 bits per heavy atom. The van der Waals surface area contributed by atoms with Gasteiger partial charge in [-0.2, -0.15) is 0 Å². The van der Waals surface area contributed by atoms with Crippen molar-refractivity contribution >= 4 is 16.8 Å². The maximum atomic E-state index is 11.2. The number of nitrogens with one attached hydrogen (secondary N) is 2. The Morgan fingerprint density at radius 3 is 2.88 bits per heavy atom. The van der Waals surface area contributed by atoms with Gasteiger partial charge in [0.15, 0.2) is 0 Å². The van der Waals surface area contributed by atoms with Crippen molar-refractivity contribution in [1.29, 1.82) is 0 Å². The van der Waals surface area contributed by atoms with Crippen molar-refractivity contribution in [3.8, 4) is 0 Å². The van der Waals surface area contributed by atoms with Crippen LogP contribution >= 0.6 is 0 Å². The zero-order valence-electron chi connectivity index (χ0n) is 9.23. The van der Waals surface area contributed by atoms with Gasteiger partial charge in [-0.05, 0) is 19.9 Å². The summed E-state index contributed by atoms with van der Waals surface area (Å²) in [6, 6.07) is 0.767. The van der Waals surface area contributed by atoms with E-state index in [4.69, 9.17) is 4.42 Å². The Hall–Kier alpha value is -0.950. The zero-order chi connectivity index (χ0) is 11.4. The molecule has 0 unspecified atom stereocenters. The van der Waals surface area contributed by atoms with Crippen LogP contribution in [0.25, 0.3) is 0 Å². The molecule has 90 valence electrons. The lowest BCUT2D eigenvalue weighted by Gasteiger charge is -2.21. The van der Waals surface area contributed by atoms with Gasteiger partial charge in [-0.25, -0.2) is 0 Å². The minimum Gasteiger partial charge on any atom is -0.407 e. The quantitative estimate of drug-likeness (QED) is 0.782. The predicted octanol–water partition coefficient (Wildman–Crippen LogP) is 0.112. The van der Waals surface area contributed by atoms with Crippen molar-refractivity contribution in [2.75, 3.05) is 23.9 Å². The average molecular weight is 244 g/mol. The second-order valence-corrected chi connectivity index (χ2v) is 5.49. The van der Waals surface area contributed by atoms with Gasteiger partial charge in [-0.15, -0.1) is 5.10 Å². The second-order valence-electron chi connectivity index (χ2n) is 3.80. The van der Waals surface area contributed by atoms with Crippen LogP contribution in [-0.4, -0.2) is 39.0 Å². The molecule has 2 rings (SSSR count). The number of nitrogens with zero attached hydrogens (tertiary/aromatic N) is 2. The molecule has 2 N–H and O–H groups in total. The van der Waals surface area contributed by atoms with Gasteiger partial charge in [0.1, 0.15) is 0 Å². The standard InChI is InChI=1S/C9H16N4O2S/c1-10-6-8-12-13-9(15-8)11-7-2-4-16(14)5-3-7/h7,10H,2-6H2,1H3,(H,11,13). The third kappa shape index (κ3) is 3.02. The molecule has 0 bridgehead atoms. The molecule has 2 heterocycles. The fourth-order valence-electron chi connectivity index (χ4n) is 1.65.